The topological polar surface area (TPSA) is 12.9 Å². The molecule has 0 aromatic carbocycles. The molecular weight excluding hydrogens is 675 g/mol. The van der Waals surface area contributed by atoms with Crippen molar-refractivity contribution < 1.29 is 0 Å². The minimum atomic E-state index is 1.19. The number of hydrogen-bond donors (Lipinski definition) is 0. The van der Waals surface area contributed by atoms with Gasteiger partial charge in [0.15, 0.2) is 0 Å². The van der Waals surface area contributed by atoms with Gasteiger partial charge in [0, 0.05) is 11.4 Å². The number of hydrogen-bond acceptors (Lipinski definition) is 1. The minimum absolute atomic E-state index is 1.19. The lowest BCUT2D eigenvalue weighted by atomic mass is 10.0. The Labute approximate surface area is 355 Å². The summed E-state index contributed by atoms with van der Waals surface area (Å²) in [6, 6.07) is 4.90. The Hall–Kier alpha value is -0.850. The van der Waals surface area contributed by atoms with Crippen LogP contribution in [0.25, 0.3) is 0 Å². The molecule has 0 spiro atoms. The molecular formula is C55H105N. The van der Waals surface area contributed by atoms with Crippen molar-refractivity contribution in [3.8, 4) is 0 Å². The Morgan fingerprint density at radius 3 is 0.643 bits per heavy atom. The summed E-state index contributed by atoms with van der Waals surface area (Å²) in [6.07, 6.45) is 67.1. The standard InChI is InChI=1S/C55H105N/c1-4-7-10-12-14-16-18-20-22-24-26-28-30-32-34-36-38-40-42-44-46-49-54-51-53(48-9-6-3)52-55(56-54)50-47-45-43-41-39-37-35-33-31-29-27-25-23-21-19-17-15-13-11-8-5-2/h51-52H,4-50H2,1-3H3. The van der Waals surface area contributed by atoms with Crippen molar-refractivity contribution >= 4 is 0 Å². The molecule has 1 heterocycles. The molecule has 0 N–H and O–H groups in total. The van der Waals surface area contributed by atoms with Gasteiger partial charge in [0.1, 0.15) is 0 Å². The molecule has 1 nitrogen and oxygen atoms in total. The highest BCUT2D eigenvalue weighted by Crippen LogP contribution is 2.19. The van der Waals surface area contributed by atoms with Crippen molar-refractivity contribution in [2.75, 3.05) is 0 Å². The summed E-state index contributed by atoms with van der Waals surface area (Å²) in [5, 5.41) is 0. The van der Waals surface area contributed by atoms with Crippen LogP contribution in [-0.4, -0.2) is 4.98 Å². The summed E-state index contributed by atoms with van der Waals surface area (Å²) in [6.45, 7) is 6.95. The minimum Gasteiger partial charge on any atom is -0.258 e. The zero-order chi connectivity index (χ0) is 40.1. The first-order valence-electron chi connectivity index (χ1n) is 26.8. The van der Waals surface area contributed by atoms with Gasteiger partial charge in [-0.15, -0.1) is 0 Å². The SMILES string of the molecule is CCCCCCCCCCCCCCCCCCCCCCCc1cc(CCCC)cc(CCCCCCCCCCCCCCCCCCCCCCC)n1. The van der Waals surface area contributed by atoms with Gasteiger partial charge in [0.25, 0.3) is 0 Å². The predicted molar refractivity (Wildman–Crippen MR) is 256 cm³/mol. The van der Waals surface area contributed by atoms with Crippen LogP contribution >= 0.6 is 0 Å². The van der Waals surface area contributed by atoms with Crippen LogP contribution in [0.4, 0.5) is 0 Å². The molecule has 1 rings (SSSR count). The lowest BCUT2D eigenvalue weighted by molar-refractivity contribution is 0.520. The molecule has 0 aliphatic heterocycles. The first-order chi connectivity index (χ1) is 27.8. The predicted octanol–water partition coefficient (Wildman–Crippen LogP) is 19.9. The molecule has 0 amide bonds. The number of pyridine rings is 1. The van der Waals surface area contributed by atoms with Gasteiger partial charge in [0.05, 0.1) is 0 Å². The van der Waals surface area contributed by atoms with Crippen molar-refractivity contribution in [2.45, 2.75) is 323 Å². The maximum absolute atomic E-state index is 5.19. The van der Waals surface area contributed by atoms with Gasteiger partial charge in [-0.2, -0.15) is 0 Å². The molecule has 0 atom stereocenters. The highest BCUT2D eigenvalue weighted by atomic mass is 14.7. The van der Waals surface area contributed by atoms with Crippen LogP contribution in [0.1, 0.15) is 320 Å². The van der Waals surface area contributed by atoms with Gasteiger partial charge in [-0.3, -0.25) is 4.98 Å². The Kier molecular flexibility index (Phi) is 43.0. The average molecular weight is 780 g/mol. The number of aromatic nitrogens is 1. The number of unbranched alkanes of at least 4 members (excludes halogenated alkanes) is 41. The second kappa shape index (κ2) is 45.2. The van der Waals surface area contributed by atoms with Crippen molar-refractivity contribution in [2.24, 2.45) is 0 Å². The van der Waals surface area contributed by atoms with Gasteiger partial charge >= 0.3 is 0 Å². The second-order valence-corrected chi connectivity index (χ2v) is 18.7. The highest BCUT2D eigenvalue weighted by Gasteiger charge is 2.05. The molecule has 56 heavy (non-hydrogen) atoms. The van der Waals surface area contributed by atoms with E-state index >= 15 is 0 Å². The lowest BCUT2D eigenvalue weighted by Crippen LogP contribution is -2.00. The Morgan fingerprint density at radius 2 is 0.429 bits per heavy atom. The van der Waals surface area contributed by atoms with Gasteiger partial charge in [-0.1, -0.05) is 284 Å². The maximum Gasteiger partial charge on any atom is 0.0409 e. The van der Waals surface area contributed by atoms with Crippen molar-refractivity contribution in [3.05, 3.63) is 29.1 Å². The van der Waals surface area contributed by atoms with Crippen molar-refractivity contribution in [3.63, 3.8) is 0 Å². The molecule has 0 bridgehead atoms. The first kappa shape index (κ1) is 53.2. The molecule has 0 saturated carbocycles. The molecule has 0 aliphatic rings. The van der Waals surface area contributed by atoms with E-state index < -0.39 is 0 Å². The van der Waals surface area contributed by atoms with E-state index in [-0.39, 0.29) is 0 Å². The summed E-state index contributed by atoms with van der Waals surface area (Å²) < 4.78 is 0. The fourth-order valence-electron chi connectivity index (χ4n) is 8.98. The van der Waals surface area contributed by atoms with Crippen LogP contribution < -0.4 is 0 Å². The van der Waals surface area contributed by atoms with Gasteiger partial charge < -0.3 is 0 Å². The van der Waals surface area contributed by atoms with Crippen LogP contribution in [-0.2, 0) is 19.3 Å². The zero-order valence-electron chi connectivity index (χ0n) is 39.3. The maximum atomic E-state index is 5.19. The van der Waals surface area contributed by atoms with Crippen LogP contribution in [0.2, 0.25) is 0 Å². The summed E-state index contributed by atoms with van der Waals surface area (Å²) in [4.78, 5) is 5.19. The van der Waals surface area contributed by atoms with Gasteiger partial charge in [-0.05, 0) is 56.2 Å². The van der Waals surface area contributed by atoms with E-state index in [0.29, 0.717) is 0 Å². The highest BCUT2D eigenvalue weighted by molar-refractivity contribution is 5.22. The van der Waals surface area contributed by atoms with Crippen LogP contribution in [0.3, 0.4) is 0 Å². The van der Waals surface area contributed by atoms with Crippen molar-refractivity contribution in [1.29, 1.82) is 0 Å². The van der Waals surface area contributed by atoms with E-state index in [4.69, 9.17) is 4.98 Å². The molecule has 0 unspecified atom stereocenters. The van der Waals surface area contributed by atoms with Gasteiger partial charge in [-0.25, -0.2) is 0 Å². The zero-order valence-corrected chi connectivity index (χ0v) is 39.3. The van der Waals surface area contributed by atoms with Crippen LogP contribution in [0.15, 0.2) is 12.1 Å². The fraction of sp³-hybridized carbons (Fsp3) is 0.909. The molecule has 0 saturated heterocycles. The quantitative estimate of drug-likeness (QED) is 0.0601. The monoisotopic (exact) mass is 780 g/mol. The molecule has 330 valence electrons. The third kappa shape index (κ3) is 38.7. The van der Waals surface area contributed by atoms with E-state index in [1.807, 2.05) is 0 Å². The smallest absolute Gasteiger partial charge is 0.0409 e. The van der Waals surface area contributed by atoms with E-state index in [9.17, 15) is 0 Å². The fourth-order valence-corrected chi connectivity index (χ4v) is 8.98. The van der Waals surface area contributed by atoms with Crippen molar-refractivity contribution in [1.82, 2.24) is 4.98 Å². The van der Waals surface area contributed by atoms with E-state index in [1.54, 1.807) is 5.56 Å². The normalized spacial score (nSPS) is 11.6. The molecule has 1 aromatic rings. The molecule has 1 aromatic heterocycles. The Bertz CT molecular complexity index is 810. The van der Waals surface area contributed by atoms with Crippen LogP contribution in [0.5, 0.6) is 0 Å². The second-order valence-electron chi connectivity index (χ2n) is 18.7. The average Bonchev–Trinajstić information content (AvgIpc) is 3.21. The largest absolute Gasteiger partial charge is 0.258 e. The number of rotatable bonds is 47. The van der Waals surface area contributed by atoms with Crippen LogP contribution in [0, 0.1) is 0 Å². The van der Waals surface area contributed by atoms with Gasteiger partial charge in [0.2, 0.25) is 0 Å². The molecule has 0 radical (unpaired) electrons. The third-order valence-electron chi connectivity index (χ3n) is 12.9. The summed E-state index contributed by atoms with van der Waals surface area (Å²) in [5.41, 5.74) is 4.32. The van der Waals surface area contributed by atoms with E-state index in [0.717, 1.165) is 0 Å². The van der Waals surface area contributed by atoms with E-state index in [2.05, 4.69) is 32.9 Å². The number of aryl methyl sites for hydroxylation is 3. The summed E-state index contributed by atoms with van der Waals surface area (Å²) in [7, 11) is 0. The summed E-state index contributed by atoms with van der Waals surface area (Å²) in [5.74, 6) is 0. The molecule has 1 heteroatoms. The number of nitrogens with zero attached hydrogens (tertiary/aromatic N) is 1. The first-order valence-corrected chi connectivity index (χ1v) is 26.8. The summed E-state index contributed by atoms with van der Waals surface area (Å²) >= 11 is 0. The Balaban J connectivity index is 1.97. The Morgan fingerprint density at radius 1 is 0.232 bits per heavy atom. The van der Waals surface area contributed by atoms with E-state index in [1.165, 1.54) is 313 Å². The lowest BCUT2D eigenvalue weighted by Gasteiger charge is -2.10. The molecule has 0 aliphatic carbocycles. The third-order valence-corrected chi connectivity index (χ3v) is 12.9. The molecule has 0 fully saturated rings.